The van der Waals surface area contributed by atoms with Crippen LogP contribution in [-0.4, -0.2) is 26.2 Å². The van der Waals surface area contributed by atoms with Crippen LogP contribution in [0.15, 0.2) is 88.8 Å². The second-order valence-electron chi connectivity index (χ2n) is 7.38. The molecule has 1 aliphatic rings. The second-order valence-corrected chi connectivity index (χ2v) is 8.30. The van der Waals surface area contributed by atoms with Crippen LogP contribution in [0.4, 0.5) is 0 Å². The molecule has 30 heavy (non-hydrogen) atoms. The number of carbonyl (C=O) groups excluding carboxylic acids is 1. The smallest absolute Gasteiger partial charge is 0.276 e. The Labute approximate surface area is 182 Å². The van der Waals surface area contributed by atoms with Crippen LogP contribution >= 0.6 is 15.9 Å². The van der Waals surface area contributed by atoms with Gasteiger partial charge in [-0.05, 0) is 35.9 Å². The molecular formula is C24H19BrN4O. The topological polar surface area (TPSA) is 50.5 Å². The Morgan fingerprint density at radius 1 is 1.10 bits per heavy atom. The van der Waals surface area contributed by atoms with Crippen molar-refractivity contribution in [2.45, 2.75) is 12.5 Å². The van der Waals surface area contributed by atoms with Gasteiger partial charge in [0.15, 0.2) is 0 Å². The molecule has 148 valence electrons. The Bertz CT molecular complexity index is 1260. The van der Waals surface area contributed by atoms with Gasteiger partial charge in [-0.3, -0.25) is 9.78 Å². The molecule has 1 unspecified atom stereocenters. The zero-order chi connectivity index (χ0) is 20.7. The van der Waals surface area contributed by atoms with Crippen molar-refractivity contribution in [2.24, 2.45) is 12.1 Å². The summed E-state index contributed by atoms with van der Waals surface area (Å²) in [4.78, 5) is 17.5. The number of aromatic nitrogens is 2. The van der Waals surface area contributed by atoms with E-state index >= 15 is 0 Å². The Morgan fingerprint density at radius 2 is 1.93 bits per heavy atom. The van der Waals surface area contributed by atoms with Gasteiger partial charge in [0, 0.05) is 53.0 Å². The highest BCUT2D eigenvalue weighted by Gasteiger charge is 2.35. The van der Waals surface area contributed by atoms with Gasteiger partial charge in [-0.25, -0.2) is 5.01 Å². The van der Waals surface area contributed by atoms with Crippen molar-refractivity contribution < 1.29 is 4.79 Å². The summed E-state index contributed by atoms with van der Waals surface area (Å²) in [5.41, 5.74) is 4.67. The van der Waals surface area contributed by atoms with E-state index in [1.54, 1.807) is 29.5 Å². The maximum atomic E-state index is 13.4. The van der Waals surface area contributed by atoms with Crippen molar-refractivity contribution in [1.82, 2.24) is 14.6 Å². The number of hydrogen-bond donors (Lipinski definition) is 0. The minimum absolute atomic E-state index is 0.147. The maximum absolute atomic E-state index is 13.4. The molecule has 0 N–H and O–H groups in total. The van der Waals surface area contributed by atoms with Crippen LogP contribution in [0, 0.1) is 0 Å². The van der Waals surface area contributed by atoms with Gasteiger partial charge in [-0.1, -0.05) is 46.3 Å². The van der Waals surface area contributed by atoms with Gasteiger partial charge in [0.1, 0.15) is 0 Å². The lowest BCUT2D eigenvalue weighted by Crippen LogP contribution is -2.27. The first-order valence-electron chi connectivity index (χ1n) is 9.73. The molecule has 0 saturated heterocycles. The number of hydrogen-bond acceptors (Lipinski definition) is 3. The predicted molar refractivity (Wildman–Crippen MR) is 121 cm³/mol. The molecular weight excluding hydrogens is 440 g/mol. The number of benzene rings is 2. The molecule has 6 heteroatoms. The van der Waals surface area contributed by atoms with E-state index in [1.165, 1.54) is 0 Å². The first-order valence-corrected chi connectivity index (χ1v) is 10.5. The van der Waals surface area contributed by atoms with Crippen molar-refractivity contribution in [3.8, 4) is 0 Å². The van der Waals surface area contributed by atoms with Crippen molar-refractivity contribution >= 4 is 38.5 Å². The van der Waals surface area contributed by atoms with Gasteiger partial charge in [-0.15, -0.1) is 0 Å². The number of hydrazone groups is 1. The lowest BCUT2D eigenvalue weighted by atomic mass is 9.98. The fraction of sp³-hybridized carbons (Fsp3) is 0.125. The Hall–Kier alpha value is -3.25. The average Bonchev–Trinajstić information content (AvgIpc) is 3.36. The third-order valence-electron chi connectivity index (χ3n) is 5.48. The van der Waals surface area contributed by atoms with Gasteiger partial charge in [0.05, 0.1) is 17.3 Å². The number of rotatable bonds is 3. The summed E-state index contributed by atoms with van der Waals surface area (Å²) >= 11 is 3.59. The van der Waals surface area contributed by atoms with Crippen molar-refractivity contribution in [3.05, 3.63) is 100 Å². The second kappa shape index (κ2) is 7.54. The summed E-state index contributed by atoms with van der Waals surface area (Å²) in [6, 6.07) is 19.6. The first-order chi connectivity index (χ1) is 14.6. The van der Waals surface area contributed by atoms with Crippen LogP contribution in [0.1, 0.15) is 33.9 Å². The minimum atomic E-state index is -0.189. The van der Waals surface area contributed by atoms with E-state index in [4.69, 9.17) is 5.10 Å². The molecule has 5 rings (SSSR count). The summed E-state index contributed by atoms with van der Waals surface area (Å²) in [5.74, 6) is -0.147. The predicted octanol–water partition coefficient (Wildman–Crippen LogP) is 5.33. The highest BCUT2D eigenvalue weighted by Crippen LogP contribution is 2.38. The minimum Gasteiger partial charge on any atom is -0.350 e. The average molecular weight is 459 g/mol. The zero-order valence-electron chi connectivity index (χ0n) is 16.4. The number of aryl methyl sites for hydroxylation is 1. The largest absolute Gasteiger partial charge is 0.350 e. The standard InChI is InChI=1S/C24H19BrN4O/c1-28-15-20(19-12-18(25)9-10-22(19)28)23-13-21(16-6-3-2-4-7-16)27-29(23)24(30)17-8-5-11-26-14-17/h2-12,14-15,23H,13H2,1H3. The van der Waals surface area contributed by atoms with Crippen LogP contribution in [0.2, 0.25) is 0 Å². The molecule has 0 saturated carbocycles. The van der Waals surface area contributed by atoms with Crippen LogP contribution in [0.5, 0.6) is 0 Å². The molecule has 4 aromatic rings. The van der Waals surface area contributed by atoms with E-state index in [2.05, 4.69) is 43.8 Å². The van der Waals surface area contributed by atoms with E-state index in [0.29, 0.717) is 12.0 Å². The van der Waals surface area contributed by atoms with Crippen molar-refractivity contribution in [1.29, 1.82) is 0 Å². The normalized spacial score (nSPS) is 16.1. The van der Waals surface area contributed by atoms with Gasteiger partial charge >= 0.3 is 0 Å². The molecule has 2 aromatic carbocycles. The third kappa shape index (κ3) is 3.23. The van der Waals surface area contributed by atoms with Gasteiger partial charge in [0.25, 0.3) is 5.91 Å². The zero-order valence-corrected chi connectivity index (χ0v) is 18.0. The Balaban J connectivity index is 1.63. The van der Waals surface area contributed by atoms with Gasteiger partial charge in [-0.2, -0.15) is 5.10 Å². The molecule has 2 aromatic heterocycles. The molecule has 0 fully saturated rings. The van der Waals surface area contributed by atoms with Gasteiger partial charge < -0.3 is 4.57 Å². The molecule has 0 spiro atoms. The highest BCUT2D eigenvalue weighted by atomic mass is 79.9. The summed E-state index contributed by atoms with van der Waals surface area (Å²) in [6.45, 7) is 0. The summed E-state index contributed by atoms with van der Waals surface area (Å²) < 4.78 is 3.11. The number of amides is 1. The molecule has 0 aliphatic carbocycles. The van der Waals surface area contributed by atoms with Crippen molar-refractivity contribution in [3.63, 3.8) is 0 Å². The van der Waals surface area contributed by atoms with E-state index < -0.39 is 0 Å². The summed E-state index contributed by atoms with van der Waals surface area (Å²) in [5, 5.41) is 7.52. The van der Waals surface area contributed by atoms with E-state index in [0.717, 1.165) is 32.2 Å². The molecule has 3 heterocycles. The number of pyridine rings is 1. The number of halogens is 1. The molecule has 0 bridgehead atoms. The van der Waals surface area contributed by atoms with Crippen LogP contribution < -0.4 is 0 Å². The first kappa shape index (κ1) is 18.8. The quantitative estimate of drug-likeness (QED) is 0.416. The molecule has 1 atom stereocenters. The fourth-order valence-electron chi connectivity index (χ4n) is 4.03. The van der Waals surface area contributed by atoms with Crippen molar-refractivity contribution in [2.75, 3.05) is 0 Å². The molecule has 1 aliphatic heterocycles. The third-order valence-corrected chi connectivity index (χ3v) is 5.97. The number of carbonyl (C=O) groups is 1. The monoisotopic (exact) mass is 458 g/mol. The number of nitrogens with zero attached hydrogens (tertiary/aromatic N) is 4. The lowest BCUT2D eigenvalue weighted by molar-refractivity contribution is 0.0711. The molecule has 5 nitrogen and oxygen atoms in total. The van der Waals surface area contributed by atoms with E-state index in [1.807, 2.05) is 43.4 Å². The summed E-state index contributed by atoms with van der Waals surface area (Å²) in [6.07, 6.45) is 6.02. The molecule has 1 amide bonds. The van der Waals surface area contributed by atoms with Crippen LogP contribution in [0.3, 0.4) is 0 Å². The van der Waals surface area contributed by atoms with Gasteiger partial charge in [0.2, 0.25) is 0 Å². The lowest BCUT2D eigenvalue weighted by Gasteiger charge is -2.21. The maximum Gasteiger partial charge on any atom is 0.276 e. The summed E-state index contributed by atoms with van der Waals surface area (Å²) in [7, 11) is 2.03. The Kier molecular flexibility index (Phi) is 4.71. The fourth-order valence-corrected chi connectivity index (χ4v) is 4.39. The highest BCUT2D eigenvalue weighted by molar-refractivity contribution is 9.10. The van der Waals surface area contributed by atoms with Crippen LogP contribution in [0.25, 0.3) is 10.9 Å². The number of fused-ring (bicyclic) bond motifs is 1. The Morgan fingerprint density at radius 3 is 2.70 bits per heavy atom. The van der Waals surface area contributed by atoms with Crippen LogP contribution in [-0.2, 0) is 7.05 Å². The SMILES string of the molecule is Cn1cc(C2CC(c3ccccc3)=NN2C(=O)c2cccnc2)c2cc(Br)ccc21. The van der Waals surface area contributed by atoms with E-state index in [9.17, 15) is 4.79 Å². The molecule has 0 radical (unpaired) electrons. The van der Waals surface area contributed by atoms with E-state index in [-0.39, 0.29) is 11.9 Å².